The molecule has 0 saturated heterocycles. The van der Waals surface area contributed by atoms with Gasteiger partial charge in [0.1, 0.15) is 5.84 Å². The van der Waals surface area contributed by atoms with Crippen molar-refractivity contribution in [1.29, 1.82) is 0 Å². The average molecular weight is 157 g/mol. The molecule has 4 N–H and O–H groups in total. The zero-order valence-electron chi connectivity index (χ0n) is 6.84. The van der Waals surface area contributed by atoms with Crippen molar-refractivity contribution in [3.05, 3.63) is 0 Å². The van der Waals surface area contributed by atoms with Crippen molar-refractivity contribution in [2.75, 3.05) is 7.11 Å². The highest BCUT2D eigenvalue weighted by Crippen LogP contribution is 2.37. The summed E-state index contributed by atoms with van der Waals surface area (Å²) in [5.74, 6) is 5.50. The minimum atomic E-state index is -0.0487. The maximum atomic E-state index is 5.49. The molecule has 0 unspecified atom stereocenters. The molecule has 0 aromatic carbocycles. The van der Waals surface area contributed by atoms with E-state index >= 15 is 0 Å². The zero-order chi connectivity index (χ0) is 8.32. The van der Waals surface area contributed by atoms with Gasteiger partial charge in [0.25, 0.3) is 0 Å². The van der Waals surface area contributed by atoms with Gasteiger partial charge in [0.15, 0.2) is 0 Å². The van der Waals surface area contributed by atoms with E-state index in [-0.39, 0.29) is 5.60 Å². The standard InChI is InChI=1S/C7H15N3O/c1-11-7(3-2-4-7)5-6(8)10-9/h2-5,9H2,1H3,(H2,8,10). The molecular weight excluding hydrogens is 142 g/mol. The Morgan fingerprint density at radius 2 is 2.27 bits per heavy atom. The number of nitrogens with zero attached hydrogens (tertiary/aromatic N) is 1. The Kier molecular flexibility index (Phi) is 2.34. The molecule has 0 radical (unpaired) electrons. The van der Waals surface area contributed by atoms with Crippen LogP contribution in [0.4, 0.5) is 0 Å². The summed E-state index contributed by atoms with van der Waals surface area (Å²) in [5.41, 5.74) is 5.44. The predicted octanol–water partition coefficient (Wildman–Crippen LogP) is 0.176. The van der Waals surface area contributed by atoms with Crippen LogP contribution in [0.2, 0.25) is 0 Å². The molecule has 11 heavy (non-hydrogen) atoms. The third-order valence-electron chi connectivity index (χ3n) is 2.37. The first-order chi connectivity index (χ1) is 5.22. The van der Waals surface area contributed by atoms with Crippen LogP contribution in [-0.4, -0.2) is 18.5 Å². The number of ether oxygens (including phenoxy) is 1. The van der Waals surface area contributed by atoms with Gasteiger partial charge in [-0.25, -0.2) is 0 Å². The molecule has 0 aromatic heterocycles. The van der Waals surface area contributed by atoms with Crippen LogP contribution in [-0.2, 0) is 4.74 Å². The van der Waals surface area contributed by atoms with E-state index in [0.717, 1.165) is 12.8 Å². The third-order valence-corrected chi connectivity index (χ3v) is 2.37. The minimum Gasteiger partial charge on any atom is -0.386 e. The molecule has 1 rings (SSSR count). The van der Waals surface area contributed by atoms with E-state index in [1.165, 1.54) is 6.42 Å². The largest absolute Gasteiger partial charge is 0.386 e. The van der Waals surface area contributed by atoms with Crippen molar-refractivity contribution in [2.45, 2.75) is 31.3 Å². The number of hydrazone groups is 1. The molecule has 4 heteroatoms. The van der Waals surface area contributed by atoms with Gasteiger partial charge in [0.05, 0.1) is 5.60 Å². The Balaban J connectivity index is 2.44. The second-order valence-electron chi connectivity index (χ2n) is 3.04. The van der Waals surface area contributed by atoms with Gasteiger partial charge >= 0.3 is 0 Å². The van der Waals surface area contributed by atoms with Crippen molar-refractivity contribution in [3.8, 4) is 0 Å². The van der Waals surface area contributed by atoms with E-state index < -0.39 is 0 Å². The molecule has 0 amide bonds. The van der Waals surface area contributed by atoms with Gasteiger partial charge in [-0.15, -0.1) is 0 Å². The molecule has 0 aliphatic heterocycles. The Bertz CT molecular complexity index is 158. The Morgan fingerprint density at radius 3 is 2.55 bits per heavy atom. The highest BCUT2D eigenvalue weighted by molar-refractivity contribution is 5.81. The lowest BCUT2D eigenvalue weighted by Crippen LogP contribution is -2.43. The van der Waals surface area contributed by atoms with Crippen LogP contribution < -0.4 is 11.6 Å². The molecule has 64 valence electrons. The van der Waals surface area contributed by atoms with Crippen LogP contribution in [0, 0.1) is 0 Å². The van der Waals surface area contributed by atoms with E-state index in [1.807, 2.05) is 0 Å². The van der Waals surface area contributed by atoms with Crippen molar-refractivity contribution in [2.24, 2.45) is 16.7 Å². The first kappa shape index (κ1) is 8.33. The number of hydrogen-bond donors (Lipinski definition) is 2. The van der Waals surface area contributed by atoms with Crippen molar-refractivity contribution < 1.29 is 4.74 Å². The fraction of sp³-hybridized carbons (Fsp3) is 0.857. The van der Waals surface area contributed by atoms with Gasteiger partial charge in [0.2, 0.25) is 0 Å². The lowest BCUT2D eigenvalue weighted by molar-refractivity contribution is -0.0655. The summed E-state index contributed by atoms with van der Waals surface area (Å²) in [5, 5.41) is 3.42. The molecule has 1 fully saturated rings. The maximum absolute atomic E-state index is 5.49. The van der Waals surface area contributed by atoms with Crippen molar-refractivity contribution >= 4 is 5.84 Å². The summed E-state index contributed by atoms with van der Waals surface area (Å²) < 4.78 is 5.33. The monoisotopic (exact) mass is 157 g/mol. The summed E-state index contributed by atoms with van der Waals surface area (Å²) in [6, 6.07) is 0. The molecule has 0 atom stereocenters. The quantitative estimate of drug-likeness (QED) is 0.265. The van der Waals surface area contributed by atoms with Gasteiger partial charge in [-0.2, -0.15) is 5.10 Å². The predicted molar refractivity (Wildman–Crippen MR) is 44.0 cm³/mol. The van der Waals surface area contributed by atoms with Crippen LogP contribution >= 0.6 is 0 Å². The number of hydrogen-bond acceptors (Lipinski definition) is 3. The van der Waals surface area contributed by atoms with Gasteiger partial charge in [-0.1, -0.05) is 0 Å². The molecule has 1 saturated carbocycles. The molecule has 1 aliphatic rings. The van der Waals surface area contributed by atoms with Crippen LogP contribution in [0.25, 0.3) is 0 Å². The second kappa shape index (κ2) is 3.09. The van der Waals surface area contributed by atoms with Crippen molar-refractivity contribution in [3.63, 3.8) is 0 Å². The number of amidine groups is 1. The van der Waals surface area contributed by atoms with E-state index in [4.69, 9.17) is 16.3 Å². The minimum absolute atomic E-state index is 0.0487. The summed E-state index contributed by atoms with van der Waals surface area (Å²) in [4.78, 5) is 0. The van der Waals surface area contributed by atoms with Gasteiger partial charge in [0, 0.05) is 13.5 Å². The van der Waals surface area contributed by atoms with Gasteiger partial charge in [-0.05, 0) is 19.3 Å². The van der Waals surface area contributed by atoms with Gasteiger partial charge in [-0.3, -0.25) is 0 Å². The Labute approximate surface area is 66.6 Å². The van der Waals surface area contributed by atoms with Crippen molar-refractivity contribution in [1.82, 2.24) is 0 Å². The number of methoxy groups -OCH3 is 1. The summed E-state index contributed by atoms with van der Waals surface area (Å²) in [7, 11) is 1.71. The fourth-order valence-corrected chi connectivity index (χ4v) is 1.40. The molecule has 0 heterocycles. The van der Waals surface area contributed by atoms with E-state index in [1.54, 1.807) is 7.11 Å². The molecule has 4 nitrogen and oxygen atoms in total. The van der Waals surface area contributed by atoms with Crippen LogP contribution in [0.15, 0.2) is 5.10 Å². The molecule has 1 aliphatic carbocycles. The fourth-order valence-electron chi connectivity index (χ4n) is 1.40. The highest BCUT2D eigenvalue weighted by Gasteiger charge is 2.37. The van der Waals surface area contributed by atoms with Crippen LogP contribution in [0.1, 0.15) is 25.7 Å². The number of nitrogens with two attached hydrogens (primary N) is 2. The first-order valence-electron chi connectivity index (χ1n) is 3.80. The topological polar surface area (TPSA) is 73.6 Å². The normalized spacial score (nSPS) is 22.8. The van der Waals surface area contributed by atoms with Crippen LogP contribution in [0.3, 0.4) is 0 Å². The van der Waals surface area contributed by atoms with Crippen LogP contribution in [0.5, 0.6) is 0 Å². The SMILES string of the molecule is COC1(CC(N)=NN)CCC1. The van der Waals surface area contributed by atoms with E-state index in [2.05, 4.69) is 5.10 Å². The summed E-state index contributed by atoms with van der Waals surface area (Å²) in [6.45, 7) is 0. The Morgan fingerprint density at radius 1 is 1.64 bits per heavy atom. The Hall–Kier alpha value is -0.770. The summed E-state index contributed by atoms with van der Waals surface area (Å²) in [6.07, 6.45) is 4.02. The molecule has 0 bridgehead atoms. The lowest BCUT2D eigenvalue weighted by Gasteiger charge is -2.40. The second-order valence-corrected chi connectivity index (χ2v) is 3.04. The number of rotatable bonds is 3. The van der Waals surface area contributed by atoms with E-state index in [9.17, 15) is 0 Å². The molecule has 0 spiro atoms. The smallest absolute Gasteiger partial charge is 0.122 e. The summed E-state index contributed by atoms with van der Waals surface area (Å²) >= 11 is 0. The molecular formula is C7H15N3O. The average Bonchev–Trinajstić information content (AvgIpc) is 1.96. The lowest BCUT2D eigenvalue weighted by atomic mass is 9.77. The molecule has 0 aromatic rings. The first-order valence-corrected chi connectivity index (χ1v) is 3.80. The van der Waals surface area contributed by atoms with Gasteiger partial charge < -0.3 is 16.3 Å². The maximum Gasteiger partial charge on any atom is 0.122 e. The zero-order valence-corrected chi connectivity index (χ0v) is 6.84. The highest BCUT2D eigenvalue weighted by atomic mass is 16.5. The van der Waals surface area contributed by atoms with E-state index in [0.29, 0.717) is 12.3 Å². The third kappa shape index (κ3) is 1.63.